The SMILES string of the molecule is Cc1ccc(C(=O)N(Cc2ccc(F)cc2)c2cccc(CC(=O)NC[C@H]3CCCO3)c2)cc1. The minimum atomic E-state index is -0.323. The number of halogens is 1. The van der Waals surface area contributed by atoms with E-state index in [-0.39, 0.29) is 36.7 Å². The van der Waals surface area contributed by atoms with E-state index in [4.69, 9.17) is 4.74 Å². The number of benzene rings is 3. The molecule has 3 aromatic rings. The van der Waals surface area contributed by atoms with Crippen LogP contribution in [0.4, 0.5) is 10.1 Å². The van der Waals surface area contributed by atoms with Crippen molar-refractivity contribution in [1.29, 1.82) is 0 Å². The molecular formula is C28H29FN2O3. The molecule has 1 fully saturated rings. The highest BCUT2D eigenvalue weighted by Crippen LogP contribution is 2.23. The van der Waals surface area contributed by atoms with E-state index in [0.29, 0.717) is 17.8 Å². The quantitative estimate of drug-likeness (QED) is 0.524. The zero-order valence-corrected chi connectivity index (χ0v) is 19.3. The van der Waals surface area contributed by atoms with Crippen molar-refractivity contribution in [2.24, 2.45) is 0 Å². The number of carbonyl (C=O) groups excluding carboxylic acids is 2. The summed E-state index contributed by atoms with van der Waals surface area (Å²) in [5.74, 6) is -0.567. The van der Waals surface area contributed by atoms with Gasteiger partial charge < -0.3 is 15.0 Å². The van der Waals surface area contributed by atoms with Gasteiger partial charge in [0, 0.05) is 24.4 Å². The van der Waals surface area contributed by atoms with Gasteiger partial charge in [0.1, 0.15) is 5.82 Å². The van der Waals surface area contributed by atoms with Crippen LogP contribution in [0.2, 0.25) is 0 Å². The Morgan fingerprint density at radius 2 is 1.79 bits per heavy atom. The van der Waals surface area contributed by atoms with Crippen LogP contribution in [0.25, 0.3) is 0 Å². The summed E-state index contributed by atoms with van der Waals surface area (Å²) in [7, 11) is 0. The van der Waals surface area contributed by atoms with E-state index in [1.54, 1.807) is 29.2 Å². The lowest BCUT2D eigenvalue weighted by Crippen LogP contribution is -2.33. The number of hydrogen-bond donors (Lipinski definition) is 1. The van der Waals surface area contributed by atoms with Crippen molar-refractivity contribution < 1.29 is 18.7 Å². The zero-order chi connectivity index (χ0) is 23.9. The normalized spacial score (nSPS) is 15.2. The first-order valence-corrected chi connectivity index (χ1v) is 11.6. The van der Waals surface area contributed by atoms with E-state index in [1.165, 1.54) is 12.1 Å². The van der Waals surface area contributed by atoms with Crippen LogP contribution in [-0.4, -0.2) is 31.1 Å². The number of rotatable bonds is 8. The molecule has 0 bridgehead atoms. The minimum absolute atomic E-state index is 0.0809. The highest BCUT2D eigenvalue weighted by atomic mass is 19.1. The fourth-order valence-corrected chi connectivity index (χ4v) is 4.02. The zero-order valence-electron chi connectivity index (χ0n) is 19.3. The van der Waals surface area contributed by atoms with Crippen LogP contribution < -0.4 is 10.2 Å². The lowest BCUT2D eigenvalue weighted by Gasteiger charge is -2.24. The van der Waals surface area contributed by atoms with E-state index >= 15 is 0 Å². The Balaban J connectivity index is 1.53. The number of hydrogen-bond acceptors (Lipinski definition) is 3. The van der Waals surface area contributed by atoms with Crippen LogP contribution in [-0.2, 0) is 22.5 Å². The van der Waals surface area contributed by atoms with Gasteiger partial charge in [0.05, 0.1) is 19.1 Å². The molecule has 176 valence electrons. The molecule has 0 aromatic heterocycles. The van der Waals surface area contributed by atoms with Crippen LogP contribution in [0, 0.1) is 12.7 Å². The Hall–Kier alpha value is -3.51. The van der Waals surface area contributed by atoms with E-state index in [0.717, 1.165) is 36.1 Å². The third-order valence-corrected chi connectivity index (χ3v) is 5.94. The Kier molecular flexibility index (Phi) is 7.70. The largest absolute Gasteiger partial charge is 0.376 e. The van der Waals surface area contributed by atoms with Crippen LogP contribution in [0.1, 0.15) is 39.9 Å². The second-order valence-corrected chi connectivity index (χ2v) is 8.67. The summed E-state index contributed by atoms with van der Waals surface area (Å²) >= 11 is 0. The van der Waals surface area contributed by atoms with Crippen molar-refractivity contribution in [2.45, 2.75) is 38.8 Å². The molecule has 1 heterocycles. The van der Waals surface area contributed by atoms with Crippen LogP contribution in [0.15, 0.2) is 72.8 Å². The van der Waals surface area contributed by atoms with Gasteiger partial charge in [-0.05, 0) is 67.3 Å². The highest BCUT2D eigenvalue weighted by molar-refractivity contribution is 6.06. The van der Waals surface area contributed by atoms with Crippen molar-refractivity contribution >= 4 is 17.5 Å². The maximum atomic E-state index is 13.5. The average molecular weight is 461 g/mol. The molecule has 0 saturated carbocycles. The average Bonchev–Trinajstić information content (AvgIpc) is 3.36. The third kappa shape index (κ3) is 6.29. The smallest absolute Gasteiger partial charge is 0.258 e. The van der Waals surface area contributed by atoms with Gasteiger partial charge in [-0.2, -0.15) is 0 Å². The van der Waals surface area contributed by atoms with E-state index in [2.05, 4.69) is 5.32 Å². The molecule has 2 amide bonds. The second-order valence-electron chi connectivity index (χ2n) is 8.67. The fraction of sp³-hybridized carbons (Fsp3) is 0.286. The van der Waals surface area contributed by atoms with Crippen molar-refractivity contribution in [3.63, 3.8) is 0 Å². The first-order valence-electron chi connectivity index (χ1n) is 11.6. The van der Waals surface area contributed by atoms with Crippen molar-refractivity contribution in [2.75, 3.05) is 18.1 Å². The summed E-state index contributed by atoms with van der Waals surface area (Å²) in [5, 5.41) is 2.94. The number of aryl methyl sites for hydroxylation is 1. The Morgan fingerprint density at radius 3 is 2.50 bits per heavy atom. The van der Waals surface area contributed by atoms with Crippen molar-refractivity contribution in [3.05, 3.63) is 101 Å². The molecule has 6 heteroatoms. The van der Waals surface area contributed by atoms with Crippen LogP contribution in [0.3, 0.4) is 0 Å². The molecule has 4 rings (SSSR count). The fourth-order valence-electron chi connectivity index (χ4n) is 4.02. The predicted octanol–water partition coefficient (Wildman–Crippen LogP) is 4.82. The molecule has 1 atom stereocenters. The summed E-state index contributed by atoms with van der Waals surface area (Å²) in [6, 6.07) is 21.0. The van der Waals surface area contributed by atoms with Crippen LogP contribution >= 0.6 is 0 Å². The number of carbonyl (C=O) groups is 2. The molecule has 1 aliphatic heterocycles. The van der Waals surface area contributed by atoms with Gasteiger partial charge in [-0.3, -0.25) is 9.59 Å². The van der Waals surface area contributed by atoms with Gasteiger partial charge in [0.2, 0.25) is 5.91 Å². The highest BCUT2D eigenvalue weighted by Gasteiger charge is 2.20. The summed E-state index contributed by atoms with van der Waals surface area (Å²) in [6.45, 7) is 3.52. The molecule has 1 saturated heterocycles. The van der Waals surface area contributed by atoms with E-state index in [9.17, 15) is 14.0 Å². The van der Waals surface area contributed by atoms with Gasteiger partial charge in [0.15, 0.2) is 0 Å². The molecule has 0 spiro atoms. The number of nitrogens with one attached hydrogen (secondary N) is 1. The molecule has 34 heavy (non-hydrogen) atoms. The minimum Gasteiger partial charge on any atom is -0.376 e. The van der Waals surface area contributed by atoms with Gasteiger partial charge >= 0.3 is 0 Å². The molecular weight excluding hydrogens is 431 g/mol. The molecule has 5 nitrogen and oxygen atoms in total. The van der Waals surface area contributed by atoms with Gasteiger partial charge in [0.25, 0.3) is 5.91 Å². The Labute approximate surface area is 199 Å². The number of nitrogens with zero attached hydrogens (tertiary/aromatic N) is 1. The monoisotopic (exact) mass is 460 g/mol. The lowest BCUT2D eigenvalue weighted by molar-refractivity contribution is -0.120. The van der Waals surface area contributed by atoms with Gasteiger partial charge in [-0.15, -0.1) is 0 Å². The van der Waals surface area contributed by atoms with E-state index < -0.39 is 0 Å². The van der Waals surface area contributed by atoms with Crippen molar-refractivity contribution in [3.8, 4) is 0 Å². The van der Waals surface area contributed by atoms with E-state index in [1.807, 2.05) is 43.3 Å². The summed E-state index contributed by atoms with van der Waals surface area (Å²) < 4.78 is 19.0. The second kappa shape index (κ2) is 11.1. The predicted molar refractivity (Wildman–Crippen MR) is 130 cm³/mol. The standard InChI is InChI=1S/C28H29FN2O3/c1-20-7-11-23(12-8-20)28(33)31(19-21-9-13-24(29)14-10-21)25-5-2-4-22(16-25)17-27(32)30-18-26-6-3-15-34-26/h2,4-5,7-14,16,26H,3,6,15,17-19H2,1H3,(H,30,32)/t26-/m1/s1. The summed E-state index contributed by atoms with van der Waals surface area (Å²) in [6.07, 6.45) is 2.30. The van der Waals surface area contributed by atoms with Gasteiger partial charge in [-0.1, -0.05) is 42.0 Å². The first kappa shape index (κ1) is 23.6. The maximum absolute atomic E-state index is 13.5. The number of anilines is 1. The third-order valence-electron chi connectivity index (χ3n) is 5.94. The topological polar surface area (TPSA) is 58.6 Å². The molecule has 1 N–H and O–H groups in total. The molecule has 3 aromatic carbocycles. The number of amides is 2. The van der Waals surface area contributed by atoms with Crippen LogP contribution in [0.5, 0.6) is 0 Å². The molecule has 1 aliphatic rings. The maximum Gasteiger partial charge on any atom is 0.258 e. The summed E-state index contributed by atoms with van der Waals surface area (Å²) in [4.78, 5) is 27.6. The molecule has 0 unspecified atom stereocenters. The first-order chi connectivity index (χ1) is 16.5. The Bertz CT molecular complexity index is 1120. The number of ether oxygens (including phenoxy) is 1. The van der Waals surface area contributed by atoms with Gasteiger partial charge in [-0.25, -0.2) is 4.39 Å². The molecule has 0 radical (unpaired) electrons. The summed E-state index contributed by atoms with van der Waals surface area (Å²) in [5.41, 5.74) is 3.93. The molecule has 0 aliphatic carbocycles. The Morgan fingerprint density at radius 1 is 1.03 bits per heavy atom. The lowest BCUT2D eigenvalue weighted by atomic mass is 10.1. The van der Waals surface area contributed by atoms with Crippen molar-refractivity contribution in [1.82, 2.24) is 5.32 Å².